The van der Waals surface area contributed by atoms with Crippen LogP contribution in [0.3, 0.4) is 0 Å². The van der Waals surface area contributed by atoms with Gasteiger partial charge in [-0.1, -0.05) is 18.2 Å². The van der Waals surface area contributed by atoms with Crippen molar-refractivity contribution >= 4 is 27.6 Å². The van der Waals surface area contributed by atoms with Gasteiger partial charge in [-0.2, -0.15) is 0 Å². The van der Waals surface area contributed by atoms with E-state index in [9.17, 15) is 4.79 Å². The lowest BCUT2D eigenvalue weighted by molar-refractivity contribution is 0.302. The SMILES string of the molecule is Nc1c(-c2nc3ccccc3[nH]2)c(=O)[nH]c2ccc(OCc3ccccn3)cc12. The molecule has 3 aromatic heterocycles. The molecule has 0 radical (unpaired) electrons. The predicted octanol–water partition coefficient (Wildman–Crippen LogP) is 3.63. The van der Waals surface area contributed by atoms with Gasteiger partial charge in [0.15, 0.2) is 0 Å². The third-order valence-corrected chi connectivity index (χ3v) is 4.76. The van der Waals surface area contributed by atoms with Gasteiger partial charge in [-0.3, -0.25) is 9.78 Å². The summed E-state index contributed by atoms with van der Waals surface area (Å²) in [7, 11) is 0. The number of H-pyrrole nitrogens is 2. The van der Waals surface area contributed by atoms with E-state index in [1.165, 1.54) is 0 Å². The number of aromatic amines is 2. The van der Waals surface area contributed by atoms with Crippen molar-refractivity contribution in [3.05, 3.63) is 82.9 Å². The highest BCUT2D eigenvalue weighted by atomic mass is 16.5. The summed E-state index contributed by atoms with van der Waals surface area (Å²) in [4.78, 5) is 27.5. The lowest BCUT2D eigenvalue weighted by Crippen LogP contribution is -2.13. The smallest absolute Gasteiger partial charge is 0.261 e. The molecule has 4 N–H and O–H groups in total. The molecule has 7 heteroatoms. The van der Waals surface area contributed by atoms with Crippen molar-refractivity contribution in [2.45, 2.75) is 6.61 Å². The fourth-order valence-corrected chi connectivity index (χ4v) is 3.33. The Morgan fingerprint density at radius 2 is 1.83 bits per heavy atom. The molecule has 0 atom stereocenters. The van der Waals surface area contributed by atoms with Gasteiger partial charge >= 0.3 is 0 Å². The minimum absolute atomic E-state index is 0.295. The first-order valence-corrected chi connectivity index (χ1v) is 9.12. The van der Waals surface area contributed by atoms with Gasteiger partial charge in [-0.05, 0) is 42.5 Å². The first kappa shape index (κ1) is 17.0. The highest BCUT2D eigenvalue weighted by Crippen LogP contribution is 2.30. The second-order valence-corrected chi connectivity index (χ2v) is 6.66. The van der Waals surface area contributed by atoms with Gasteiger partial charge in [0.25, 0.3) is 5.56 Å². The van der Waals surface area contributed by atoms with Gasteiger partial charge < -0.3 is 20.4 Å². The summed E-state index contributed by atoms with van der Waals surface area (Å²) in [6.45, 7) is 0.339. The van der Waals surface area contributed by atoms with Crippen LogP contribution in [0.4, 0.5) is 5.69 Å². The molecule has 0 saturated heterocycles. The molecule has 29 heavy (non-hydrogen) atoms. The zero-order valence-electron chi connectivity index (χ0n) is 15.3. The number of aromatic nitrogens is 4. The fraction of sp³-hybridized carbons (Fsp3) is 0.0455. The molecule has 0 unspecified atom stereocenters. The first-order valence-electron chi connectivity index (χ1n) is 9.12. The number of nitrogens with one attached hydrogen (secondary N) is 2. The van der Waals surface area contributed by atoms with E-state index in [1.54, 1.807) is 18.3 Å². The molecule has 0 aliphatic rings. The van der Waals surface area contributed by atoms with Crippen LogP contribution in [-0.4, -0.2) is 19.9 Å². The molecule has 7 nitrogen and oxygen atoms in total. The minimum Gasteiger partial charge on any atom is -0.487 e. The molecule has 142 valence electrons. The van der Waals surface area contributed by atoms with E-state index in [-0.39, 0.29) is 5.56 Å². The Morgan fingerprint density at radius 1 is 0.966 bits per heavy atom. The molecule has 0 aliphatic carbocycles. The maximum Gasteiger partial charge on any atom is 0.261 e. The number of para-hydroxylation sites is 2. The van der Waals surface area contributed by atoms with Gasteiger partial charge in [0.1, 0.15) is 23.7 Å². The number of nitrogens with two attached hydrogens (primary N) is 1. The van der Waals surface area contributed by atoms with Crippen LogP contribution in [-0.2, 0) is 6.61 Å². The molecule has 2 aromatic carbocycles. The Kier molecular flexibility index (Phi) is 3.98. The van der Waals surface area contributed by atoms with E-state index in [0.29, 0.717) is 40.3 Å². The normalized spacial score (nSPS) is 11.2. The van der Waals surface area contributed by atoms with Crippen LogP contribution < -0.4 is 16.0 Å². The molecule has 0 aliphatic heterocycles. The highest BCUT2D eigenvalue weighted by molar-refractivity contribution is 5.98. The van der Waals surface area contributed by atoms with Crippen molar-refractivity contribution in [3.63, 3.8) is 0 Å². The predicted molar refractivity (Wildman–Crippen MR) is 113 cm³/mol. The van der Waals surface area contributed by atoms with Crippen LogP contribution in [0.1, 0.15) is 5.69 Å². The average Bonchev–Trinajstić information content (AvgIpc) is 3.17. The largest absolute Gasteiger partial charge is 0.487 e. The van der Waals surface area contributed by atoms with Gasteiger partial charge in [0.05, 0.1) is 27.9 Å². The first-order chi connectivity index (χ1) is 14.2. The zero-order valence-corrected chi connectivity index (χ0v) is 15.3. The van der Waals surface area contributed by atoms with E-state index in [2.05, 4.69) is 19.9 Å². The van der Waals surface area contributed by atoms with Crippen LogP contribution in [0.5, 0.6) is 5.75 Å². The number of pyridine rings is 2. The second kappa shape index (κ2) is 6.79. The summed E-state index contributed by atoms with van der Waals surface area (Å²) in [5.74, 6) is 1.07. The number of anilines is 1. The Morgan fingerprint density at radius 3 is 2.66 bits per heavy atom. The van der Waals surface area contributed by atoms with Crippen LogP contribution in [0.2, 0.25) is 0 Å². The maximum atomic E-state index is 12.7. The summed E-state index contributed by atoms with van der Waals surface area (Å²) < 4.78 is 5.85. The Labute approximate surface area is 165 Å². The standard InChI is InChI=1S/C22H17N5O2/c23-20-15-11-14(29-12-13-5-3-4-10-24-13)8-9-16(15)27-22(28)19(20)21-25-17-6-1-2-7-18(17)26-21/h1-11H,12H2,(H,25,26)(H3,23,27,28). The van der Waals surface area contributed by atoms with Crippen molar-refractivity contribution in [3.8, 4) is 17.1 Å². The molecule has 0 spiro atoms. The summed E-state index contributed by atoms with van der Waals surface area (Å²) in [6.07, 6.45) is 1.72. The molecular formula is C22H17N5O2. The fourth-order valence-electron chi connectivity index (χ4n) is 3.33. The summed E-state index contributed by atoms with van der Waals surface area (Å²) in [6, 6.07) is 18.6. The van der Waals surface area contributed by atoms with Gasteiger partial charge in [-0.25, -0.2) is 4.98 Å². The second-order valence-electron chi connectivity index (χ2n) is 6.66. The topological polar surface area (TPSA) is 110 Å². The third kappa shape index (κ3) is 3.08. The van der Waals surface area contributed by atoms with E-state index < -0.39 is 0 Å². The number of rotatable bonds is 4. The lowest BCUT2D eigenvalue weighted by Gasteiger charge is -2.10. The van der Waals surface area contributed by atoms with Crippen LogP contribution >= 0.6 is 0 Å². The number of hydrogen-bond donors (Lipinski definition) is 3. The monoisotopic (exact) mass is 383 g/mol. The molecule has 5 rings (SSSR count). The van der Waals surface area contributed by atoms with E-state index in [4.69, 9.17) is 10.5 Å². The minimum atomic E-state index is -0.295. The van der Waals surface area contributed by atoms with Gasteiger partial charge in [0.2, 0.25) is 0 Å². The van der Waals surface area contributed by atoms with Crippen molar-refractivity contribution in [2.24, 2.45) is 0 Å². The van der Waals surface area contributed by atoms with Crippen molar-refractivity contribution < 1.29 is 4.74 Å². The number of nitrogens with zero attached hydrogens (tertiary/aromatic N) is 2. The van der Waals surface area contributed by atoms with Crippen LogP contribution in [0, 0.1) is 0 Å². The molecular weight excluding hydrogens is 366 g/mol. The quantitative estimate of drug-likeness (QED) is 0.439. The summed E-state index contributed by atoms with van der Waals surface area (Å²) >= 11 is 0. The Balaban J connectivity index is 1.57. The molecule has 0 amide bonds. The highest BCUT2D eigenvalue weighted by Gasteiger charge is 2.16. The Bertz CT molecular complexity index is 1360. The number of nitrogen functional groups attached to an aromatic ring is 1. The van der Waals surface area contributed by atoms with Crippen LogP contribution in [0.25, 0.3) is 33.3 Å². The number of benzene rings is 2. The number of ether oxygens (including phenoxy) is 1. The zero-order chi connectivity index (χ0) is 19.8. The number of fused-ring (bicyclic) bond motifs is 2. The third-order valence-electron chi connectivity index (χ3n) is 4.76. The molecule has 0 bridgehead atoms. The number of imidazole rings is 1. The van der Waals surface area contributed by atoms with Crippen molar-refractivity contribution in [1.29, 1.82) is 0 Å². The summed E-state index contributed by atoms with van der Waals surface area (Å²) in [5.41, 5.74) is 9.85. The average molecular weight is 383 g/mol. The Hall–Kier alpha value is -4.13. The lowest BCUT2D eigenvalue weighted by atomic mass is 10.1. The van der Waals surface area contributed by atoms with Gasteiger partial charge in [0, 0.05) is 11.6 Å². The maximum absolute atomic E-state index is 12.7. The van der Waals surface area contributed by atoms with Crippen molar-refractivity contribution in [1.82, 2.24) is 19.9 Å². The van der Waals surface area contributed by atoms with E-state index >= 15 is 0 Å². The van der Waals surface area contributed by atoms with Gasteiger partial charge in [-0.15, -0.1) is 0 Å². The van der Waals surface area contributed by atoms with Crippen molar-refractivity contribution in [2.75, 3.05) is 5.73 Å². The molecule has 5 aromatic rings. The van der Waals surface area contributed by atoms with Crippen LogP contribution in [0.15, 0.2) is 71.7 Å². The molecule has 3 heterocycles. The van der Waals surface area contributed by atoms with E-state index in [1.807, 2.05) is 48.5 Å². The number of hydrogen-bond acceptors (Lipinski definition) is 5. The molecule has 0 fully saturated rings. The van der Waals surface area contributed by atoms with E-state index in [0.717, 1.165) is 16.7 Å². The summed E-state index contributed by atoms with van der Waals surface area (Å²) in [5, 5.41) is 0.693. The molecule has 0 saturated carbocycles.